The van der Waals surface area contributed by atoms with Gasteiger partial charge in [0.1, 0.15) is 18.2 Å². The summed E-state index contributed by atoms with van der Waals surface area (Å²) in [6.45, 7) is 0. The molecule has 11 aromatic rings. The second kappa shape index (κ2) is 13.0. The normalized spacial score (nSPS) is 15.9. The Morgan fingerprint density at radius 2 is 1.16 bits per heavy atom. The molecule has 2 atom stereocenters. The predicted molar refractivity (Wildman–Crippen MR) is 243 cm³/mol. The monoisotopic (exact) mass is 766 g/mol. The highest BCUT2D eigenvalue weighted by atomic mass is 32.1. The van der Waals surface area contributed by atoms with Gasteiger partial charge in [-0.2, -0.15) is 0 Å². The van der Waals surface area contributed by atoms with Gasteiger partial charge >= 0.3 is 0 Å². The third-order valence-corrected chi connectivity index (χ3v) is 13.9. The molecule has 6 heteroatoms. The first kappa shape index (κ1) is 32.7. The standard InChI is InChI=1S/C51H34N4S2/c1-3-14-31(15-4-1)49-52-50(32-16-5-2-6-17-32)54-51(53-49)39-23-13-27-45-46(39)38-22-11-20-34(47(38)57-45)33-28-29-44-40(30-33)37-21-12-26-43(48(37)56-44)55-41-24-9-7-18-35(41)36-19-8-10-25-42(36)55/h1-30,49,51,53H,(H,52,54). The van der Waals surface area contributed by atoms with E-state index >= 15 is 0 Å². The number of nitrogens with one attached hydrogen (secondary N) is 2. The van der Waals surface area contributed by atoms with E-state index in [2.05, 4.69) is 197 Å². The van der Waals surface area contributed by atoms with Gasteiger partial charge in [-0.15, -0.1) is 22.7 Å². The van der Waals surface area contributed by atoms with Gasteiger partial charge in [0.05, 0.1) is 21.4 Å². The van der Waals surface area contributed by atoms with E-state index in [-0.39, 0.29) is 12.3 Å². The highest BCUT2D eigenvalue weighted by molar-refractivity contribution is 7.26. The number of aliphatic imine (C=N–C) groups is 1. The Kier molecular flexibility index (Phi) is 7.45. The smallest absolute Gasteiger partial charge is 0.131 e. The van der Waals surface area contributed by atoms with E-state index in [0.29, 0.717) is 0 Å². The molecule has 1 aliphatic heterocycles. The van der Waals surface area contributed by atoms with Crippen molar-refractivity contribution >= 4 is 90.7 Å². The Morgan fingerprint density at radius 1 is 0.491 bits per heavy atom. The lowest BCUT2D eigenvalue weighted by Gasteiger charge is -2.32. The molecule has 0 spiro atoms. The molecule has 2 N–H and O–H groups in total. The minimum atomic E-state index is -0.189. The van der Waals surface area contributed by atoms with E-state index in [9.17, 15) is 0 Å². The van der Waals surface area contributed by atoms with Crippen LogP contribution in [0.25, 0.3) is 79.0 Å². The van der Waals surface area contributed by atoms with Crippen LogP contribution in [0.3, 0.4) is 0 Å². The van der Waals surface area contributed by atoms with Crippen molar-refractivity contribution in [1.82, 2.24) is 15.2 Å². The van der Waals surface area contributed by atoms with Crippen LogP contribution in [-0.4, -0.2) is 10.4 Å². The van der Waals surface area contributed by atoms with Crippen molar-refractivity contribution in [3.63, 3.8) is 0 Å². The van der Waals surface area contributed by atoms with Crippen molar-refractivity contribution in [2.24, 2.45) is 4.99 Å². The number of benzene rings is 8. The Hall–Kier alpha value is -6.57. The van der Waals surface area contributed by atoms with Gasteiger partial charge in [0, 0.05) is 52.0 Å². The largest absolute Gasteiger partial charge is 0.350 e. The molecule has 2 unspecified atom stereocenters. The van der Waals surface area contributed by atoms with Gasteiger partial charge in [-0.1, -0.05) is 146 Å². The van der Waals surface area contributed by atoms with Gasteiger partial charge < -0.3 is 9.88 Å². The van der Waals surface area contributed by atoms with Crippen molar-refractivity contribution in [3.05, 3.63) is 199 Å². The molecular weight excluding hydrogens is 733 g/mol. The molecule has 12 rings (SSSR count). The predicted octanol–water partition coefficient (Wildman–Crippen LogP) is 13.5. The number of hydrogen-bond donors (Lipinski definition) is 2. The fraction of sp³-hybridized carbons (Fsp3) is 0.0392. The van der Waals surface area contributed by atoms with Crippen molar-refractivity contribution in [2.75, 3.05) is 0 Å². The van der Waals surface area contributed by atoms with Crippen LogP contribution >= 0.6 is 22.7 Å². The lowest BCUT2D eigenvalue weighted by atomic mass is 9.98. The first-order valence-electron chi connectivity index (χ1n) is 19.4. The summed E-state index contributed by atoms with van der Waals surface area (Å²) >= 11 is 3.77. The van der Waals surface area contributed by atoms with Crippen molar-refractivity contribution in [3.8, 4) is 16.8 Å². The number of amidine groups is 1. The summed E-state index contributed by atoms with van der Waals surface area (Å²) in [5.41, 5.74) is 9.63. The van der Waals surface area contributed by atoms with Crippen LogP contribution in [0, 0.1) is 0 Å². The lowest BCUT2D eigenvalue weighted by Crippen LogP contribution is -2.45. The molecule has 0 amide bonds. The van der Waals surface area contributed by atoms with Gasteiger partial charge in [0.25, 0.3) is 0 Å². The van der Waals surface area contributed by atoms with Gasteiger partial charge in [0.15, 0.2) is 0 Å². The van der Waals surface area contributed by atoms with E-state index < -0.39 is 0 Å². The summed E-state index contributed by atoms with van der Waals surface area (Å²) < 4.78 is 7.63. The van der Waals surface area contributed by atoms with Gasteiger partial charge in [0.2, 0.25) is 0 Å². The maximum atomic E-state index is 5.17. The third-order valence-electron chi connectivity index (χ3n) is 11.5. The maximum Gasteiger partial charge on any atom is 0.131 e. The number of aromatic nitrogens is 1. The molecule has 0 fully saturated rings. The van der Waals surface area contributed by atoms with Crippen LogP contribution < -0.4 is 10.6 Å². The van der Waals surface area contributed by atoms with E-state index in [1.807, 2.05) is 22.7 Å². The van der Waals surface area contributed by atoms with Crippen LogP contribution in [0.2, 0.25) is 0 Å². The minimum absolute atomic E-state index is 0.148. The molecule has 3 aromatic heterocycles. The zero-order valence-corrected chi connectivity index (χ0v) is 32.3. The van der Waals surface area contributed by atoms with Crippen LogP contribution in [-0.2, 0) is 0 Å². The van der Waals surface area contributed by atoms with E-state index in [1.54, 1.807) is 0 Å². The zero-order chi connectivity index (χ0) is 37.5. The molecule has 1 aliphatic rings. The van der Waals surface area contributed by atoms with Gasteiger partial charge in [-0.3, -0.25) is 5.32 Å². The first-order valence-corrected chi connectivity index (χ1v) is 21.0. The fourth-order valence-corrected chi connectivity index (χ4v) is 11.4. The Morgan fingerprint density at radius 3 is 1.96 bits per heavy atom. The van der Waals surface area contributed by atoms with Gasteiger partial charge in [-0.25, -0.2) is 4.99 Å². The number of thiophene rings is 2. The molecule has 8 aromatic carbocycles. The second-order valence-corrected chi connectivity index (χ2v) is 16.8. The molecule has 270 valence electrons. The zero-order valence-electron chi connectivity index (χ0n) is 30.7. The quantitative estimate of drug-likeness (QED) is 0.183. The number of hydrogen-bond acceptors (Lipinski definition) is 5. The fourth-order valence-electron chi connectivity index (χ4n) is 8.92. The third kappa shape index (κ3) is 5.19. The van der Waals surface area contributed by atoms with E-state index in [0.717, 1.165) is 17.0 Å². The van der Waals surface area contributed by atoms with Gasteiger partial charge in [-0.05, 0) is 58.7 Å². The summed E-state index contributed by atoms with van der Waals surface area (Å²) in [5, 5.41) is 15.3. The van der Waals surface area contributed by atoms with Crippen LogP contribution in [0.5, 0.6) is 0 Å². The molecule has 0 saturated heterocycles. The summed E-state index contributed by atoms with van der Waals surface area (Å²) in [6.07, 6.45) is -0.337. The molecule has 4 heterocycles. The average molecular weight is 767 g/mol. The molecule has 57 heavy (non-hydrogen) atoms. The average Bonchev–Trinajstić information content (AvgIpc) is 3.96. The highest BCUT2D eigenvalue weighted by Gasteiger charge is 2.28. The van der Waals surface area contributed by atoms with E-state index in [1.165, 1.54) is 84.5 Å². The van der Waals surface area contributed by atoms with Crippen molar-refractivity contribution in [1.29, 1.82) is 0 Å². The first-order chi connectivity index (χ1) is 28.3. The topological polar surface area (TPSA) is 41.4 Å². The summed E-state index contributed by atoms with van der Waals surface area (Å²) in [7, 11) is 0. The minimum Gasteiger partial charge on any atom is -0.350 e. The summed E-state index contributed by atoms with van der Waals surface area (Å²) in [4.78, 5) is 5.17. The lowest BCUT2D eigenvalue weighted by molar-refractivity contribution is 0.411. The molecular formula is C51H34N4S2. The maximum absolute atomic E-state index is 5.17. The van der Waals surface area contributed by atoms with E-state index in [4.69, 9.17) is 4.99 Å². The molecule has 0 bridgehead atoms. The highest BCUT2D eigenvalue weighted by Crippen LogP contribution is 2.46. The van der Waals surface area contributed by atoms with Crippen LogP contribution in [0.15, 0.2) is 187 Å². The number of rotatable bonds is 5. The van der Waals surface area contributed by atoms with Crippen LogP contribution in [0.1, 0.15) is 29.0 Å². The second-order valence-electron chi connectivity index (χ2n) is 14.7. The number of para-hydroxylation sites is 2. The Balaban J connectivity index is 0.989. The molecule has 0 aliphatic carbocycles. The number of nitrogens with zero attached hydrogens (tertiary/aromatic N) is 2. The Bertz CT molecular complexity index is 3320. The molecule has 0 radical (unpaired) electrons. The summed E-state index contributed by atoms with van der Waals surface area (Å²) in [6, 6.07) is 65.9. The Labute approximate surface area is 337 Å². The van der Waals surface area contributed by atoms with Crippen LogP contribution in [0.4, 0.5) is 0 Å². The SMILES string of the molecule is c1ccc(C2=NC(c3ccccc3)NC(c3cccc4sc5c(-c6ccc7sc8c(-n9c%10ccccc%10c%10ccccc%109)cccc8c7c6)cccc5c34)N2)cc1. The number of fused-ring (bicyclic) bond motifs is 9. The van der Waals surface area contributed by atoms with Crippen molar-refractivity contribution < 1.29 is 0 Å². The molecule has 0 saturated carbocycles. The molecule has 4 nitrogen and oxygen atoms in total. The summed E-state index contributed by atoms with van der Waals surface area (Å²) in [5.74, 6) is 0.892. The van der Waals surface area contributed by atoms with Crippen molar-refractivity contribution in [2.45, 2.75) is 12.3 Å².